The zero-order valence-electron chi connectivity index (χ0n) is 8.84. The summed E-state index contributed by atoms with van der Waals surface area (Å²) in [7, 11) is 0. The quantitative estimate of drug-likeness (QED) is 0.632. The molecule has 0 aliphatic heterocycles. The first-order chi connectivity index (χ1) is 7.83. The lowest BCUT2D eigenvalue weighted by molar-refractivity contribution is 1.20. The molecule has 78 valence electrons. The van der Waals surface area contributed by atoms with E-state index in [1.54, 1.807) is 11.3 Å². The van der Waals surface area contributed by atoms with Gasteiger partial charge in [0, 0.05) is 17.5 Å². The maximum Gasteiger partial charge on any atom is 0.124 e. The molecule has 0 spiro atoms. The Kier molecular flexibility index (Phi) is 2.18. The molecule has 0 saturated carbocycles. The van der Waals surface area contributed by atoms with Gasteiger partial charge < -0.3 is 0 Å². The van der Waals surface area contributed by atoms with Crippen LogP contribution in [0, 0.1) is 6.92 Å². The molecule has 2 nitrogen and oxygen atoms in total. The van der Waals surface area contributed by atoms with Crippen molar-refractivity contribution in [2.45, 2.75) is 6.92 Å². The van der Waals surface area contributed by atoms with E-state index in [9.17, 15) is 0 Å². The average molecular weight is 226 g/mol. The van der Waals surface area contributed by atoms with E-state index in [0.29, 0.717) is 0 Å². The minimum atomic E-state index is 1.02. The van der Waals surface area contributed by atoms with Gasteiger partial charge in [-0.1, -0.05) is 12.1 Å². The van der Waals surface area contributed by atoms with Gasteiger partial charge in [-0.25, -0.2) is 4.98 Å². The molecule has 0 N–H and O–H groups in total. The van der Waals surface area contributed by atoms with Gasteiger partial charge in [0.2, 0.25) is 0 Å². The van der Waals surface area contributed by atoms with Crippen molar-refractivity contribution in [2.24, 2.45) is 0 Å². The van der Waals surface area contributed by atoms with Crippen molar-refractivity contribution in [3.63, 3.8) is 0 Å². The fourth-order valence-electron chi connectivity index (χ4n) is 1.67. The molecule has 1 aromatic carbocycles. The third-order valence-corrected chi connectivity index (χ3v) is 3.52. The first kappa shape index (κ1) is 9.48. The number of fused-ring (bicyclic) bond motifs is 1. The van der Waals surface area contributed by atoms with Crippen LogP contribution in [0.15, 0.2) is 42.6 Å². The monoisotopic (exact) mass is 226 g/mol. The van der Waals surface area contributed by atoms with Crippen LogP contribution >= 0.6 is 11.3 Å². The molecule has 16 heavy (non-hydrogen) atoms. The van der Waals surface area contributed by atoms with Gasteiger partial charge in [0.1, 0.15) is 5.01 Å². The van der Waals surface area contributed by atoms with Gasteiger partial charge in [-0.15, -0.1) is 11.3 Å². The number of rotatable bonds is 1. The molecule has 2 heterocycles. The van der Waals surface area contributed by atoms with Crippen molar-refractivity contribution in [2.75, 3.05) is 0 Å². The molecule has 0 bridgehead atoms. The number of para-hydroxylation sites is 1. The fourth-order valence-corrected chi connectivity index (χ4v) is 2.64. The summed E-state index contributed by atoms with van der Waals surface area (Å²) < 4.78 is 1.23. The smallest absolute Gasteiger partial charge is 0.124 e. The van der Waals surface area contributed by atoms with Crippen molar-refractivity contribution in [1.82, 2.24) is 9.97 Å². The van der Waals surface area contributed by atoms with Crippen LogP contribution in [0.4, 0.5) is 0 Å². The molecule has 0 aliphatic rings. The highest BCUT2D eigenvalue weighted by molar-refractivity contribution is 7.21. The molecular formula is C13H10N2S. The highest BCUT2D eigenvalue weighted by Crippen LogP contribution is 2.29. The van der Waals surface area contributed by atoms with Crippen molar-refractivity contribution in [3.8, 4) is 10.6 Å². The number of thiazole rings is 1. The van der Waals surface area contributed by atoms with Crippen LogP contribution in [0.25, 0.3) is 20.8 Å². The number of aryl methyl sites for hydroxylation is 1. The lowest BCUT2D eigenvalue weighted by Gasteiger charge is -1.95. The Labute approximate surface area is 97.6 Å². The SMILES string of the molecule is Cc1cc(-c2nc3ccccc3s2)ccn1. The first-order valence-corrected chi connectivity index (χ1v) is 5.93. The molecule has 0 unspecified atom stereocenters. The lowest BCUT2D eigenvalue weighted by Crippen LogP contribution is -1.81. The van der Waals surface area contributed by atoms with E-state index >= 15 is 0 Å². The molecule has 0 saturated heterocycles. The standard InChI is InChI=1S/C13H10N2S/c1-9-8-10(6-7-14-9)13-15-11-4-2-3-5-12(11)16-13/h2-8H,1H3. The molecule has 0 atom stereocenters. The van der Waals surface area contributed by atoms with Crippen molar-refractivity contribution >= 4 is 21.6 Å². The van der Waals surface area contributed by atoms with E-state index in [-0.39, 0.29) is 0 Å². The molecule has 0 amide bonds. The second kappa shape index (κ2) is 3.68. The summed E-state index contributed by atoms with van der Waals surface area (Å²) in [5.41, 5.74) is 3.24. The first-order valence-electron chi connectivity index (χ1n) is 5.11. The molecular weight excluding hydrogens is 216 g/mol. The maximum absolute atomic E-state index is 4.61. The van der Waals surface area contributed by atoms with Crippen LogP contribution in [0.2, 0.25) is 0 Å². The third kappa shape index (κ3) is 1.59. The van der Waals surface area contributed by atoms with E-state index in [1.807, 2.05) is 37.4 Å². The van der Waals surface area contributed by atoms with Crippen molar-refractivity contribution in [3.05, 3.63) is 48.3 Å². The summed E-state index contributed by atoms with van der Waals surface area (Å²) in [4.78, 5) is 8.81. The number of benzene rings is 1. The van der Waals surface area contributed by atoms with E-state index in [2.05, 4.69) is 22.1 Å². The summed E-state index contributed by atoms with van der Waals surface area (Å²) in [5, 5.41) is 1.06. The Balaban J connectivity index is 2.19. The number of pyridine rings is 1. The van der Waals surface area contributed by atoms with Gasteiger partial charge in [-0.2, -0.15) is 0 Å². The third-order valence-electron chi connectivity index (χ3n) is 2.44. The molecule has 3 heteroatoms. The van der Waals surface area contributed by atoms with Crippen molar-refractivity contribution < 1.29 is 0 Å². The Hall–Kier alpha value is -1.74. The van der Waals surface area contributed by atoms with E-state index in [4.69, 9.17) is 0 Å². The number of aromatic nitrogens is 2. The number of nitrogens with zero attached hydrogens (tertiary/aromatic N) is 2. The van der Waals surface area contributed by atoms with Crippen LogP contribution in [-0.2, 0) is 0 Å². The summed E-state index contributed by atoms with van der Waals surface area (Å²) in [6, 6.07) is 12.3. The molecule has 0 aliphatic carbocycles. The predicted molar refractivity (Wildman–Crippen MR) is 67.6 cm³/mol. The number of hydrogen-bond donors (Lipinski definition) is 0. The fraction of sp³-hybridized carbons (Fsp3) is 0.0769. The van der Waals surface area contributed by atoms with Crippen LogP contribution in [0.3, 0.4) is 0 Å². The Morgan fingerprint density at radius 2 is 2.00 bits per heavy atom. The largest absolute Gasteiger partial charge is 0.262 e. The van der Waals surface area contributed by atoms with Crippen LogP contribution in [0.5, 0.6) is 0 Å². The Morgan fingerprint density at radius 1 is 1.12 bits per heavy atom. The molecule has 0 radical (unpaired) electrons. The molecule has 2 aromatic heterocycles. The zero-order chi connectivity index (χ0) is 11.0. The summed E-state index contributed by atoms with van der Waals surface area (Å²) in [5.74, 6) is 0. The van der Waals surface area contributed by atoms with E-state index in [1.165, 1.54) is 4.70 Å². The van der Waals surface area contributed by atoms with E-state index < -0.39 is 0 Å². The Morgan fingerprint density at radius 3 is 2.81 bits per heavy atom. The second-order valence-electron chi connectivity index (χ2n) is 3.67. The van der Waals surface area contributed by atoms with Gasteiger partial charge in [-0.3, -0.25) is 4.98 Å². The highest BCUT2D eigenvalue weighted by atomic mass is 32.1. The van der Waals surface area contributed by atoms with Gasteiger partial charge in [0.25, 0.3) is 0 Å². The maximum atomic E-state index is 4.61. The second-order valence-corrected chi connectivity index (χ2v) is 4.70. The van der Waals surface area contributed by atoms with Crippen LogP contribution < -0.4 is 0 Å². The van der Waals surface area contributed by atoms with Crippen LogP contribution in [-0.4, -0.2) is 9.97 Å². The summed E-state index contributed by atoms with van der Waals surface area (Å²) >= 11 is 1.72. The molecule has 0 fully saturated rings. The van der Waals surface area contributed by atoms with Crippen molar-refractivity contribution in [1.29, 1.82) is 0 Å². The summed E-state index contributed by atoms with van der Waals surface area (Å²) in [6.07, 6.45) is 1.83. The summed E-state index contributed by atoms with van der Waals surface area (Å²) in [6.45, 7) is 2.00. The lowest BCUT2D eigenvalue weighted by atomic mass is 10.2. The molecule has 3 rings (SSSR count). The average Bonchev–Trinajstić information content (AvgIpc) is 2.72. The minimum absolute atomic E-state index is 1.02. The Bertz CT molecular complexity index is 610. The van der Waals surface area contributed by atoms with Gasteiger partial charge in [0.05, 0.1) is 10.2 Å². The molecule has 3 aromatic rings. The highest BCUT2D eigenvalue weighted by Gasteiger charge is 2.05. The van der Waals surface area contributed by atoms with Gasteiger partial charge in [-0.05, 0) is 31.2 Å². The van der Waals surface area contributed by atoms with Gasteiger partial charge in [0.15, 0.2) is 0 Å². The normalized spacial score (nSPS) is 10.8. The van der Waals surface area contributed by atoms with Gasteiger partial charge >= 0.3 is 0 Å². The van der Waals surface area contributed by atoms with E-state index in [0.717, 1.165) is 21.8 Å². The topological polar surface area (TPSA) is 25.8 Å². The predicted octanol–water partition coefficient (Wildman–Crippen LogP) is 3.67. The van der Waals surface area contributed by atoms with Crippen LogP contribution in [0.1, 0.15) is 5.69 Å². The minimum Gasteiger partial charge on any atom is -0.262 e. The number of hydrogen-bond acceptors (Lipinski definition) is 3. The zero-order valence-corrected chi connectivity index (χ0v) is 9.66.